The molecule has 6 heteroatoms. The van der Waals surface area contributed by atoms with E-state index in [4.69, 9.17) is 0 Å². The zero-order valence-corrected chi connectivity index (χ0v) is 13.1. The first-order chi connectivity index (χ1) is 11.5. The molecule has 0 radical (unpaired) electrons. The van der Waals surface area contributed by atoms with Crippen molar-refractivity contribution < 1.29 is 23.5 Å². The van der Waals surface area contributed by atoms with Crippen molar-refractivity contribution >= 4 is 11.9 Å². The first-order valence-corrected chi connectivity index (χ1v) is 8.43. The topological polar surface area (TPSA) is 57.6 Å². The molecule has 0 bridgehead atoms. The number of hydrogen-bond donors (Lipinski definition) is 1. The van der Waals surface area contributed by atoms with Gasteiger partial charge in [0.15, 0.2) is 0 Å². The van der Waals surface area contributed by atoms with E-state index in [2.05, 4.69) is 0 Å². The van der Waals surface area contributed by atoms with Gasteiger partial charge in [0, 0.05) is 30.5 Å². The number of rotatable bonds is 4. The van der Waals surface area contributed by atoms with Gasteiger partial charge in [0.05, 0.1) is 5.92 Å². The number of hydrogen-bond acceptors (Lipinski definition) is 2. The summed E-state index contributed by atoms with van der Waals surface area (Å²) in [6.07, 6.45) is 2.49. The number of benzene rings is 1. The van der Waals surface area contributed by atoms with E-state index in [1.165, 1.54) is 18.2 Å². The summed E-state index contributed by atoms with van der Waals surface area (Å²) in [5.74, 6) is -3.18. The predicted molar refractivity (Wildman–Crippen MR) is 81.1 cm³/mol. The first-order valence-electron chi connectivity index (χ1n) is 8.43. The van der Waals surface area contributed by atoms with Crippen molar-refractivity contribution in [1.29, 1.82) is 0 Å². The maximum Gasteiger partial charge on any atom is 0.308 e. The Hall–Kier alpha value is -1.98. The van der Waals surface area contributed by atoms with E-state index in [1.807, 2.05) is 0 Å². The molecule has 2 unspecified atom stereocenters. The Morgan fingerprint density at radius 2 is 1.75 bits per heavy atom. The van der Waals surface area contributed by atoms with Gasteiger partial charge in [-0.2, -0.15) is 0 Å². The molecule has 1 aliphatic heterocycles. The van der Waals surface area contributed by atoms with E-state index in [-0.39, 0.29) is 23.9 Å². The summed E-state index contributed by atoms with van der Waals surface area (Å²) in [5, 5.41) is 9.38. The van der Waals surface area contributed by atoms with Gasteiger partial charge in [-0.1, -0.05) is 6.07 Å². The van der Waals surface area contributed by atoms with Crippen molar-refractivity contribution in [3.05, 3.63) is 35.4 Å². The van der Waals surface area contributed by atoms with Crippen molar-refractivity contribution in [3.63, 3.8) is 0 Å². The molecule has 4 nitrogen and oxygen atoms in total. The fourth-order valence-electron chi connectivity index (χ4n) is 4.16. The third-order valence-electron chi connectivity index (χ3n) is 5.70. The molecule has 1 N–H and O–H groups in total. The number of carbonyl (C=O) groups is 2. The number of aliphatic carboxylic acids is 1. The number of likely N-dealkylation sites (tertiary alicyclic amines) is 1. The molecular weight excluding hydrogens is 316 g/mol. The van der Waals surface area contributed by atoms with Gasteiger partial charge in [-0.15, -0.1) is 0 Å². The van der Waals surface area contributed by atoms with E-state index in [0.717, 1.165) is 12.8 Å². The van der Waals surface area contributed by atoms with Crippen LogP contribution in [0.4, 0.5) is 8.78 Å². The van der Waals surface area contributed by atoms with Crippen molar-refractivity contribution in [2.75, 3.05) is 13.1 Å². The van der Waals surface area contributed by atoms with Crippen LogP contribution >= 0.6 is 0 Å². The summed E-state index contributed by atoms with van der Waals surface area (Å²) >= 11 is 0. The fourth-order valence-corrected chi connectivity index (χ4v) is 4.16. The molecule has 0 aromatic heterocycles. The monoisotopic (exact) mass is 335 g/mol. The van der Waals surface area contributed by atoms with E-state index in [1.54, 1.807) is 4.90 Å². The lowest BCUT2D eigenvalue weighted by Crippen LogP contribution is -2.31. The van der Waals surface area contributed by atoms with Gasteiger partial charge in [0.1, 0.15) is 11.6 Å². The lowest BCUT2D eigenvalue weighted by molar-refractivity contribution is -0.142. The molecule has 24 heavy (non-hydrogen) atoms. The standard InChI is InChI=1S/C18H19F2NO3/c19-14-2-1-3-15(20)16(14)10-6-11(10)17(22)21-7-12(9-4-5-9)13(8-21)18(23)24/h1-3,9-13H,4-8H2,(H,23,24)/t10?,11?,12-,13+/m1/s1. The zero-order valence-electron chi connectivity index (χ0n) is 13.1. The minimum atomic E-state index is -0.852. The summed E-state index contributed by atoms with van der Waals surface area (Å²) in [7, 11) is 0. The lowest BCUT2D eigenvalue weighted by Gasteiger charge is -2.16. The largest absolute Gasteiger partial charge is 0.481 e. The summed E-state index contributed by atoms with van der Waals surface area (Å²) in [4.78, 5) is 25.7. The van der Waals surface area contributed by atoms with Crippen LogP contribution in [-0.2, 0) is 9.59 Å². The summed E-state index contributed by atoms with van der Waals surface area (Å²) < 4.78 is 27.7. The number of carboxylic acid groups (broad SMARTS) is 1. The van der Waals surface area contributed by atoms with Crippen LogP contribution in [-0.4, -0.2) is 35.0 Å². The van der Waals surface area contributed by atoms with Crippen LogP contribution < -0.4 is 0 Å². The molecule has 4 atom stereocenters. The molecular formula is C18H19F2NO3. The minimum absolute atomic E-state index is 0.0106. The molecule has 3 fully saturated rings. The van der Waals surface area contributed by atoms with Crippen LogP contribution in [0.5, 0.6) is 0 Å². The molecule has 1 aromatic rings. The third-order valence-corrected chi connectivity index (χ3v) is 5.70. The average Bonchev–Trinajstić information content (AvgIpc) is 3.45. The van der Waals surface area contributed by atoms with Crippen LogP contribution in [0.25, 0.3) is 0 Å². The Labute approximate surface area is 138 Å². The van der Waals surface area contributed by atoms with Gasteiger partial charge in [0.25, 0.3) is 0 Å². The highest BCUT2D eigenvalue weighted by Crippen LogP contribution is 2.51. The Bertz CT molecular complexity index is 683. The minimum Gasteiger partial charge on any atom is -0.481 e. The maximum absolute atomic E-state index is 13.9. The summed E-state index contributed by atoms with van der Waals surface area (Å²) in [6.45, 7) is 0.682. The van der Waals surface area contributed by atoms with Crippen molar-refractivity contribution in [2.24, 2.45) is 23.7 Å². The molecule has 1 saturated heterocycles. The molecule has 1 aromatic carbocycles. The van der Waals surface area contributed by atoms with Gasteiger partial charge in [0.2, 0.25) is 5.91 Å². The van der Waals surface area contributed by atoms with E-state index >= 15 is 0 Å². The second kappa shape index (κ2) is 5.53. The lowest BCUT2D eigenvalue weighted by atomic mass is 9.92. The summed E-state index contributed by atoms with van der Waals surface area (Å²) in [6, 6.07) is 3.72. The number of carbonyl (C=O) groups excluding carboxylic acids is 1. The highest BCUT2D eigenvalue weighted by atomic mass is 19.1. The third kappa shape index (κ3) is 2.58. The van der Waals surface area contributed by atoms with Crippen molar-refractivity contribution in [1.82, 2.24) is 4.90 Å². The number of halogens is 2. The fraction of sp³-hybridized carbons (Fsp3) is 0.556. The zero-order chi connectivity index (χ0) is 17.0. The smallest absolute Gasteiger partial charge is 0.308 e. The highest BCUT2D eigenvalue weighted by Gasteiger charge is 2.52. The Kier molecular flexibility index (Phi) is 3.58. The number of carboxylic acids is 1. The van der Waals surface area contributed by atoms with Gasteiger partial charge < -0.3 is 10.0 Å². The van der Waals surface area contributed by atoms with Crippen LogP contribution in [0.3, 0.4) is 0 Å². The summed E-state index contributed by atoms with van der Waals surface area (Å²) in [5.41, 5.74) is -0.0106. The van der Waals surface area contributed by atoms with Crippen LogP contribution in [0.15, 0.2) is 18.2 Å². The number of nitrogens with zero attached hydrogens (tertiary/aromatic N) is 1. The van der Waals surface area contributed by atoms with Gasteiger partial charge in [-0.05, 0) is 43.2 Å². The second-order valence-corrected chi connectivity index (χ2v) is 7.27. The molecule has 128 valence electrons. The van der Waals surface area contributed by atoms with E-state index in [9.17, 15) is 23.5 Å². The first kappa shape index (κ1) is 15.5. The van der Waals surface area contributed by atoms with Crippen molar-refractivity contribution in [2.45, 2.75) is 25.2 Å². The van der Waals surface area contributed by atoms with Crippen molar-refractivity contribution in [3.8, 4) is 0 Å². The Balaban J connectivity index is 1.47. The highest BCUT2D eigenvalue weighted by molar-refractivity contribution is 5.84. The second-order valence-electron chi connectivity index (χ2n) is 7.27. The number of amides is 1. The van der Waals surface area contributed by atoms with E-state index in [0.29, 0.717) is 18.9 Å². The average molecular weight is 335 g/mol. The van der Waals surface area contributed by atoms with Crippen LogP contribution in [0.1, 0.15) is 30.7 Å². The van der Waals surface area contributed by atoms with Gasteiger partial charge in [-0.25, -0.2) is 8.78 Å². The molecule has 0 spiro atoms. The SMILES string of the molecule is O=C(O)[C@H]1CN(C(=O)C2CC2c2c(F)cccc2F)C[C@@H]1C1CC1. The molecule has 2 aliphatic carbocycles. The van der Waals surface area contributed by atoms with Gasteiger partial charge >= 0.3 is 5.97 Å². The molecule has 3 aliphatic rings. The maximum atomic E-state index is 13.9. The van der Waals surface area contributed by atoms with Crippen LogP contribution in [0.2, 0.25) is 0 Å². The Morgan fingerprint density at radius 3 is 2.33 bits per heavy atom. The van der Waals surface area contributed by atoms with Crippen LogP contribution in [0, 0.1) is 35.3 Å². The predicted octanol–water partition coefficient (Wildman–Crippen LogP) is 2.64. The molecule has 2 saturated carbocycles. The molecule has 4 rings (SSSR count). The van der Waals surface area contributed by atoms with Gasteiger partial charge in [-0.3, -0.25) is 9.59 Å². The Morgan fingerprint density at radius 1 is 1.08 bits per heavy atom. The molecule has 1 amide bonds. The quantitative estimate of drug-likeness (QED) is 0.920. The molecule has 1 heterocycles. The normalized spacial score (nSPS) is 32.0. The van der Waals surface area contributed by atoms with E-state index < -0.39 is 35.4 Å².